The Bertz CT molecular complexity index is 840. The van der Waals surface area contributed by atoms with E-state index in [1.165, 1.54) is 116 Å². The van der Waals surface area contributed by atoms with Crippen molar-refractivity contribution in [3.63, 3.8) is 0 Å². The molecule has 0 aromatic heterocycles. The summed E-state index contributed by atoms with van der Waals surface area (Å²) in [5.41, 5.74) is 0.413. The van der Waals surface area contributed by atoms with Crippen molar-refractivity contribution in [3.05, 3.63) is 59.7 Å². The van der Waals surface area contributed by atoms with Gasteiger partial charge in [0.1, 0.15) is 0 Å². The maximum Gasteiger partial charge on any atom is 0.336 e. The number of carbonyl (C=O) groups is 2. The molecule has 2 aromatic carbocycles. The quantitative estimate of drug-likeness (QED) is 0.152. The van der Waals surface area contributed by atoms with Gasteiger partial charge in [0.2, 0.25) is 0 Å². The summed E-state index contributed by atoms with van der Waals surface area (Å²) >= 11 is 0. The van der Waals surface area contributed by atoms with Crippen LogP contribution in [0.3, 0.4) is 0 Å². The fourth-order valence-corrected chi connectivity index (χ4v) is 6.52. The van der Waals surface area contributed by atoms with Gasteiger partial charge in [0, 0.05) is 9.79 Å². The summed E-state index contributed by atoms with van der Waals surface area (Å²) in [6, 6.07) is 13.3. The van der Waals surface area contributed by atoms with Crippen LogP contribution in [0.15, 0.2) is 58.3 Å². The summed E-state index contributed by atoms with van der Waals surface area (Å²) in [4.78, 5) is 23.4. The number of rotatable bonds is 17. The average Bonchev–Trinajstić information content (AvgIpc) is 2.91. The minimum atomic E-state index is -1.000. The number of hydrogen-bond acceptors (Lipinski definition) is 4. The molecular weight excluding hydrogens is 502 g/mol. The molecule has 0 radical (unpaired) electrons. The lowest BCUT2D eigenvalue weighted by Gasteiger charge is -2.39. The van der Waals surface area contributed by atoms with E-state index in [0.717, 1.165) is 0 Å². The number of hydrogen-bond donors (Lipinski definition) is 2. The van der Waals surface area contributed by atoms with E-state index in [4.69, 9.17) is 10.2 Å². The zero-order chi connectivity index (χ0) is 27.5. The Hall–Kier alpha value is -1.96. The molecular formula is C30H46NO4S2+. The molecule has 0 spiro atoms. The highest BCUT2D eigenvalue weighted by atomic mass is 33.1. The van der Waals surface area contributed by atoms with Gasteiger partial charge in [-0.05, 0) is 49.9 Å². The van der Waals surface area contributed by atoms with Crippen LogP contribution in [0, 0.1) is 0 Å². The SMILES string of the molecule is CCCC[N+](CCCC)(CCCC)CCCC.O=C(O)c1ccccc1SSc1ccccc1C(=O)O. The van der Waals surface area contributed by atoms with Crippen LogP contribution in [-0.4, -0.2) is 52.8 Å². The molecule has 0 atom stereocenters. The lowest BCUT2D eigenvalue weighted by atomic mass is 10.1. The summed E-state index contributed by atoms with van der Waals surface area (Å²) in [7, 11) is 2.47. The lowest BCUT2D eigenvalue weighted by Crippen LogP contribution is -2.50. The van der Waals surface area contributed by atoms with Crippen molar-refractivity contribution >= 4 is 33.5 Å². The van der Waals surface area contributed by atoms with Crippen molar-refractivity contribution < 1.29 is 24.3 Å². The highest BCUT2D eigenvalue weighted by molar-refractivity contribution is 8.76. The minimum Gasteiger partial charge on any atom is -0.478 e. The zero-order valence-corrected chi connectivity index (χ0v) is 24.7. The highest BCUT2D eigenvalue weighted by Crippen LogP contribution is 2.40. The molecule has 0 aliphatic carbocycles. The number of aromatic carboxylic acids is 2. The van der Waals surface area contributed by atoms with Gasteiger partial charge < -0.3 is 14.7 Å². The number of nitrogens with zero attached hydrogens (tertiary/aromatic N) is 1. The molecule has 0 unspecified atom stereocenters. The lowest BCUT2D eigenvalue weighted by molar-refractivity contribution is -0.929. The number of quaternary nitrogens is 1. The molecule has 2 rings (SSSR count). The van der Waals surface area contributed by atoms with Gasteiger partial charge in [0.15, 0.2) is 0 Å². The van der Waals surface area contributed by atoms with Crippen LogP contribution >= 0.6 is 21.6 Å². The monoisotopic (exact) mass is 548 g/mol. The molecule has 0 saturated carbocycles. The summed E-state index contributed by atoms with van der Waals surface area (Å²) < 4.78 is 1.42. The van der Waals surface area contributed by atoms with Crippen LogP contribution in [0.5, 0.6) is 0 Å². The summed E-state index contributed by atoms with van der Waals surface area (Å²) in [5.74, 6) is -2.00. The van der Waals surface area contributed by atoms with Crippen LogP contribution in [0.2, 0.25) is 0 Å². The molecule has 7 heteroatoms. The number of carboxylic acids is 2. The van der Waals surface area contributed by atoms with E-state index in [1.54, 1.807) is 36.4 Å². The molecule has 2 N–H and O–H groups in total. The molecule has 0 amide bonds. The third kappa shape index (κ3) is 12.4. The van der Waals surface area contributed by atoms with E-state index in [-0.39, 0.29) is 11.1 Å². The van der Waals surface area contributed by atoms with E-state index in [9.17, 15) is 9.59 Å². The van der Waals surface area contributed by atoms with Gasteiger partial charge >= 0.3 is 11.9 Å². The van der Waals surface area contributed by atoms with Crippen molar-refractivity contribution in [3.8, 4) is 0 Å². The normalized spacial score (nSPS) is 11.0. The van der Waals surface area contributed by atoms with Crippen LogP contribution < -0.4 is 0 Å². The zero-order valence-electron chi connectivity index (χ0n) is 23.1. The Morgan fingerprint density at radius 3 is 1.16 bits per heavy atom. The summed E-state index contributed by atoms with van der Waals surface area (Å²) in [6.45, 7) is 15.0. The number of benzene rings is 2. The summed E-state index contributed by atoms with van der Waals surface area (Å²) in [5, 5.41) is 18.2. The van der Waals surface area contributed by atoms with Gasteiger partial charge in [-0.2, -0.15) is 0 Å². The number of unbranched alkanes of at least 4 members (excludes halogenated alkanes) is 4. The van der Waals surface area contributed by atoms with Crippen molar-refractivity contribution in [1.82, 2.24) is 0 Å². The van der Waals surface area contributed by atoms with Crippen LogP contribution in [0.4, 0.5) is 0 Å². The van der Waals surface area contributed by atoms with Crippen LogP contribution in [0.1, 0.15) is 99.8 Å². The smallest absolute Gasteiger partial charge is 0.336 e. The molecule has 206 valence electrons. The fourth-order valence-electron chi connectivity index (χ4n) is 4.17. The molecule has 0 saturated heterocycles. The fraction of sp³-hybridized carbons (Fsp3) is 0.533. The Morgan fingerprint density at radius 1 is 0.595 bits per heavy atom. The third-order valence-corrected chi connectivity index (χ3v) is 8.88. The first kappa shape index (κ1) is 33.1. The highest BCUT2D eigenvalue weighted by Gasteiger charge is 2.24. The maximum atomic E-state index is 11.1. The Morgan fingerprint density at radius 2 is 0.892 bits per heavy atom. The van der Waals surface area contributed by atoms with E-state index in [2.05, 4.69) is 27.7 Å². The summed E-state index contributed by atoms with van der Waals surface area (Å²) in [6.07, 6.45) is 11.1. The van der Waals surface area contributed by atoms with Gasteiger partial charge in [-0.25, -0.2) is 9.59 Å². The molecule has 0 aliphatic heterocycles. The van der Waals surface area contributed by atoms with Crippen molar-refractivity contribution in [2.45, 2.75) is 88.9 Å². The maximum absolute atomic E-state index is 11.1. The Balaban J connectivity index is 0.000000377. The molecule has 0 fully saturated rings. The second-order valence-electron chi connectivity index (χ2n) is 9.42. The predicted molar refractivity (Wildman–Crippen MR) is 158 cm³/mol. The third-order valence-electron chi connectivity index (χ3n) is 6.40. The van der Waals surface area contributed by atoms with Gasteiger partial charge in [-0.1, -0.05) is 99.2 Å². The second kappa shape index (κ2) is 19.2. The van der Waals surface area contributed by atoms with E-state index < -0.39 is 11.9 Å². The van der Waals surface area contributed by atoms with E-state index in [1.807, 2.05) is 0 Å². The topological polar surface area (TPSA) is 74.6 Å². The van der Waals surface area contributed by atoms with Crippen LogP contribution in [0.25, 0.3) is 0 Å². The predicted octanol–water partition coefficient (Wildman–Crippen LogP) is 8.89. The average molecular weight is 549 g/mol. The molecule has 0 bridgehead atoms. The minimum absolute atomic E-state index is 0.206. The Kier molecular flexibility index (Phi) is 17.1. The second-order valence-corrected chi connectivity index (χ2v) is 11.6. The molecule has 5 nitrogen and oxygen atoms in total. The van der Waals surface area contributed by atoms with Crippen molar-refractivity contribution in [1.29, 1.82) is 0 Å². The van der Waals surface area contributed by atoms with Crippen molar-refractivity contribution in [2.24, 2.45) is 0 Å². The van der Waals surface area contributed by atoms with E-state index >= 15 is 0 Å². The molecule has 0 heterocycles. The first-order valence-electron chi connectivity index (χ1n) is 13.7. The Labute approximate surface area is 232 Å². The first-order chi connectivity index (χ1) is 17.8. The van der Waals surface area contributed by atoms with Gasteiger partial charge in [0.25, 0.3) is 0 Å². The largest absolute Gasteiger partial charge is 0.478 e. The standard InChI is InChI=1S/C16H36N.C14H10O4S2/c1-5-9-13-17(14-10-6-2,15-11-7-3)16-12-8-4;15-13(16)9-5-1-3-7-11(9)19-20-12-8-4-2-6-10(12)14(17)18/h5-16H2,1-4H3;1-8H,(H,15,16)(H,17,18)/q+1;. The van der Waals surface area contributed by atoms with Crippen LogP contribution in [-0.2, 0) is 0 Å². The van der Waals surface area contributed by atoms with Gasteiger partial charge in [0.05, 0.1) is 37.3 Å². The molecule has 37 heavy (non-hydrogen) atoms. The van der Waals surface area contributed by atoms with E-state index in [0.29, 0.717) is 9.79 Å². The first-order valence-corrected chi connectivity index (χ1v) is 15.8. The molecule has 0 aliphatic rings. The van der Waals surface area contributed by atoms with Crippen molar-refractivity contribution in [2.75, 3.05) is 26.2 Å². The number of carboxylic acid groups (broad SMARTS) is 2. The van der Waals surface area contributed by atoms with Gasteiger partial charge in [-0.15, -0.1) is 0 Å². The molecule has 2 aromatic rings. The van der Waals surface area contributed by atoms with Gasteiger partial charge in [-0.3, -0.25) is 0 Å².